The number of carbonyl (C=O) groups excluding carboxylic acids is 2. The highest BCUT2D eigenvalue weighted by Gasteiger charge is 2.63. The molecular weight excluding hydrogens is 328 g/mol. The summed E-state index contributed by atoms with van der Waals surface area (Å²) in [6.07, 6.45) is 2.78. The van der Waals surface area contributed by atoms with Gasteiger partial charge in [-0.1, -0.05) is 30.7 Å². The zero-order valence-electron chi connectivity index (χ0n) is 13.8. The Kier molecular flexibility index (Phi) is 3.62. The third-order valence-corrected chi connectivity index (χ3v) is 5.84. The van der Waals surface area contributed by atoms with Crippen molar-refractivity contribution >= 4 is 23.4 Å². The topological polar surface area (TPSA) is 53.2 Å². The average molecular weight is 349 g/mol. The number of ether oxygens (including phenoxy) is 1. The average Bonchev–Trinajstić information content (AvgIpc) is 3.35. The molecule has 1 atom stereocenters. The van der Waals surface area contributed by atoms with Gasteiger partial charge >= 0.3 is 0 Å². The van der Waals surface area contributed by atoms with Crippen molar-refractivity contribution < 1.29 is 14.3 Å². The van der Waals surface area contributed by atoms with E-state index >= 15 is 0 Å². The molecule has 0 saturated carbocycles. The highest BCUT2D eigenvalue weighted by atomic mass is 35.5. The quantitative estimate of drug-likeness (QED) is 0.621. The van der Waals surface area contributed by atoms with Gasteiger partial charge in [0.05, 0.1) is 6.61 Å². The standard InChI is InChI=1S/C18H21ClN2O3/c1-2-17(15(22)20-8-3-4-9-21(20)16(17)23)11-18(12-24-18)13-6-5-7-14(19)10-13/h5-7,10H,2-4,8-9,11-12H2,1H3. The van der Waals surface area contributed by atoms with Gasteiger partial charge in [0.1, 0.15) is 11.0 Å². The van der Waals surface area contributed by atoms with Crippen molar-refractivity contribution in [3.8, 4) is 0 Å². The summed E-state index contributed by atoms with van der Waals surface area (Å²) in [6, 6.07) is 7.52. The Morgan fingerprint density at radius 2 is 1.79 bits per heavy atom. The number of epoxide rings is 1. The zero-order valence-corrected chi connectivity index (χ0v) is 14.5. The van der Waals surface area contributed by atoms with Gasteiger partial charge in [-0.2, -0.15) is 0 Å². The lowest BCUT2D eigenvalue weighted by molar-refractivity contribution is -0.150. The molecule has 24 heavy (non-hydrogen) atoms. The number of hydrogen-bond acceptors (Lipinski definition) is 3. The molecule has 0 aliphatic carbocycles. The normalized spacial score (nSPS) is 28.2. The summed E-state index contributed by atoms with van der Waals surface area (Å²) in [6.45, 7) is 3.72. The van der Waals surface area contributed by atoms with E-state index in [1.165, 1.54) is 0 Å². The number of amides is 2. The van der Waals surface area contributed by atoms with E-state index in [4.69, 9.17) is 16.3 Å². The molecule has 0 aromatic heterocycles. The van der Waals surface area contributed by atoms with Crippen LogP contribution in [0.4, 0.5) is 0 Å². The number of nitrogens with zero attached hydrogens (tertiary/aromatic N) is 2. The Labute approximate surface area is 146 Å². The predicted octanol–water partition coefficient (Wildman–Crippen LogP) is 2.73. The summed E-state index contributed by atoms with van der Waals surface area (Å²) in [5.41, 5.74) is -0.631. The largest absolute Gasteiger partial charge is 0.364 e. The van der Waals surface area contributed by atoms with Crippen LogP contribution in [-0.2, 0) is 19.9 Å². The second kappa shape index (κ2) is 5.46. The Hall–Kier alpha value is -1.59. The van der Waals surface area contributed by atoms with Crippen molar-refractivity contribution in [3.05, 3.63) is 34.9 Å². The fraction of sp³-hybridized carbons (Fsp3) is 0.556. The molecule has 3 aliphatic rings. The van der Waals surface area contributed by atoms with E-state index in [1.54, 1.807) is 10.0 Å². The van der Waals surface area contributed by atoms with E-state index in [0.29, 0.717) is 37.6 Å². The van der Waals surface area contributed by atoms with Crippen LogP contribution in [-0.4, -0.2) is 41.5 Å². The molecule has 1 unspecified atom stereocenters. The van der Waals surface area contributed by atoms with Crippen LogP contribution in [0.1, 0.15) is 38.2 Å². The molecular formula is C18H21ClN2O3. The fourth-order valence-electron chi connectivity index (χ4n) is 4.07. The zero-order chi connectivity index (χ0) is 16.9. The van der Waals surface area contributed by atoms with Crippen LogP contribution < -0.4 is 0 Å². The minimum atomic E-state index is -1.01. The summed E-state index contributed by atoms with van der Waals surface area (Å²) in [5.74, 6) is -0.127. The molecule has 1 aromatic rings. The molecule has 4 rings (SSSR count). The summed E-state index contributed by atoms with van der Waals surface area (Å²) in [4.78, 5) is 26.2. The highest BCUT2D eigenvalue weighted by Crippen LogP contribution is 2.52. The lowest BCUT2D eigenvalue weighted by atomic mass is 9.74. The summed E-state index contributed by atoms with van der Waals surface area (Å²) >= 11 is 6.11. The fourth-order valence-corrected chi connectivity index (χ4v) is 4.26. The maximum atomic E-state index is 13.1. The molecule has 128 valence electrons. The van der Waals surface area contributed by atoms with Crippen LogP contribution in [0.15, 0.2) is 24.3 Å². The second-order valence-corrected chi connectivity index (χ2v) is 7.41. The predicted molar refractivity (Wildman–Crippen MR) is 89.1 cm³/mol. The third-order valence-electron chi connectivity index (χ3n) is 5.60. The summed E-state index contributed by atoms with van der Waals surface area (Å²) in [5, 5.41) is 3.95. The van der Waals surface area contributed by atoms with Crippen LogP contribution in [0.2, 0.25) is 5.02 Å². The lowest BCUT2D eigenvalue weighted by Gasteiger charge is -2.31. The molecule has 0 N–H and O–H groups in total. The van der Waals surface area contributed by atoms with Crippen molar-refractivity contribution in [3.63, 3.8) is 0 Å². The molecule has 3 fully saturated rings. The van der Waals surface area contributed by atoms with Gasteiger partial charge in [-0.3, -0.25) is 19.6 Å². The number of fused-ring (bicyclic) bond motifs is 1. The van der Waals surface area contributed by atoms with Gasteiger partial charge in [0.15, 0.2) is 0 Å². The molecule has 3 heterocycles. The van der Waals surface area contributed by atoms with Crippen LogP contribution in [0.25, 0.3) is 0 Å². The van der Waals surface area contributed by atoms with Crippen molar-refractivity contribution in [2.45, 2.75) is 38.2 Å². The number of halogens is 1. The van der Waals surface area contributed by atoms with Gasteiger partial charge in [0.2, 0.25) is 0 Å². The summed E-state index contributed by atoms with van der Waals surface area (Å²) in [7, 11) is 0. The third kappa shape index (κ3) is 2.18. The Bertz CT molecular complexity index is 677. The molecule has 0 bridgehead atoms. The van der Waals surface area contributed by atoms with E-state index < -0.39 is 11.0 Å². The number of hydrazine groups is 1. The molecule has 3 saturated heterocycles. The number of benzene rings is 1. The number of rotatable bonds is 4. The van der Waals surface area contributed by atoms with Crippen LogP contribution in [0, 0.1) is 5.41 Å². The maximum absolute atomic E-state index is 13.1. The summed E-state index contributed by atoms with van der Waals surface area (Å²) < 4.78 is 5.78. The first kappa shape index (κ1) is 15.9. The lowest BCUT2D eigenvalue weighted by Crippen LogP contribution is -2.45. The van der Waals surface area contributed by atoms with Gasteiger partial charge in [-0.05, 0) is 37.0 Å². The van der Waals surface area contributed by atoms with Crippen molar-refractivity contribution in [1.29, 1.82) is 0 Å². The Balaban J connectivity index is 1.69. The number of hydrogen-bond donors (Lipinski definition) is 0. The molecule has 1 aromatic carbocycles. The second-order valence-electron chi connectivity index (χ2n) is 6.97. The molecule has 0 radical (unpaired) electrons. The smallest absolute Gasteiger partial charge is 0.257 e. The minimum Gasteiger partial charge on any atom is -0.364 e. The molecule has 6 heteroatoms. The first-order valence-electron chi connectivity index (χ1n) is 8.56. The molecule has 0 spiro atoms. The van der Waals surface area contributed by atoms with Crippen LogP contribution >= 0.6 is 11.6 Å². The van der Waals surface area contributed by atoms with Gasteiger partial charge in [0, 0.05) is 24.5 Å². The van der Waals surface area contributed by atoms with E-state index in [2.05, 4.69) is 0 Å². The molecule has 2 amide bonds. The van der Waals surface area contributed by atoms with E-state index in [-0.39, 0.29) is 11.8 Å². The van der Waals surface area contributed by atoms with Crippen molar-refractivity contribution in [2.75, 3.05) is 19.7 Å². The van der Waals surface area contributed by atoms with Crippen LogP contribution in [0.3, 0.4) is 0 Å². The van der Waals surface area contributed by atoms with Gasteiger partial charge < -0.3 is 4.74 Å². The molecule has 3 aliphatic heterocycles. The van der Waals surface area contributed by atoms with Gasteiger partial charge in [-0.25, -0.2) is 0 Å². The molecule has 5 nitrogen and oxygen atoms in total. The van der Waals surface area contributed by atoms with Gasteiger partial charge in [-0.15, -0.1) is 0 Å². The van der Waals surface area contributed by atoms with Crippen LogP contribution in [0.5, 0.6) is 0 Å². The van der Waals surface area contributed by atoms with E-state index in [1.807, 2.05) is 31.2 Å². The maximum Gasteiger partial charge on any atom is 0.257 e. The Morgan fingerprint density at radius 3 is 2.29 bits per heavy atom. The van der Waals surface area contributed by atoms with Gasteiger partial charge in [0.25, 0.3) is 11.8 Å². The number of carbonyl (C=O) groups is 2. The monoisotopic (exact) mass is 348 g/mol. The van der Waals surface area contributed by atoms with Crippen molar-refractivity contribution in [1.82, 2.24) is 10.0 Å². The van der Waals surface area contributed by atoms with E-state index in [9.17, 15) is 9.59 Å². The first-order valence-corrected chi connectivity index (χ1v) is 8.94. The van der Waals surface area contributed by atoms with E-state index in [0.717, 1.165) is 18.4 Å². The Morgan fingerprint density at radius 1 is 1.17 bits per heavy atom. The SMILES string of the molecule is CCC1(CC2(c3cccc(Cl)c3)CO2)C(=O)N2CCCCN2C1=O. The first-order chi connectivity index (χ1) is 11.5. The van der Waals surface area contributed by atoms with Crippen molar-refractivity contribution in [2.24, 2.45) is 5.41 Å². The highest BCUT2D eigenvalue weighted by molar-refractivity contribution is 6.30. The minimum absolute atomic E-state index is 0.0633.